The van der Waals surface area contributed by atoms with E-state index >= 15 is 0 Å². The minimum absolute atomic E-state index is 0.0395. The third-order valence-corrected chi connectivity index (χ3v) is 7.74. The predicted molar refractivity (Wildman–Crippen MR) is 140 cm³/mol. The first-order valence-electron chi connectivity index (χ1n) is 12.6. The van der Waals surface area contributed by atoms with E-state index < -0.39 is 23.5 Å². The number of Topliss-reactive ketones (excluding diaryl/α,β-unsaturated/α-hetero) is 1. The van der Waals surface area contributed by atoms with Gasteiger partial charge in [0.05, 0.1) is 11.6 Å². The second-order valence-electron chi connectivity index (χ2n) is 9.33. The highest BCUT2D eigenvalue weighted by atomic mass is 32.1. The van der Waals surface area contributed by atoms with Gasteiger partial charge in [0.1, 0.15) is 11.6 Å². The van der Waals surface area contributed by atoms with Gasteiger partial charge in [0.2, 0.25) is 0 Å². The second-order valence-corrected chi connectivity index (χ2v) is 10.3. The van der Waals surface area contributed by atoms with Crippen molar-refractivity contribution in [2.24, 2.45) is 0 Å². The van der Waals surface area contributed by atoms with Crippen molar-refractivity contribution in [3.8, 4) is 0 Å². The second kappa shape index (κ2) is 12.5. The molecule has 3 rings (SSSR count). The van der Waals surface area contributed by atoms with Gasteiger partial charge >= 0.3 is 0 Å². The van der Waals surface area contributed by atoms with E-state index in [4.69, 9.17) is 0 Å². The van der Waals surface area contributed by atoms with Crippen LogP contribution in [0, 0.1) is 19.7 Å². The van der Waals surface area contributed by atoms with E-state index in [1.807, 2.05) is 18.4 Å². The van der Waals surface area contributed by atoms with Gasteiger partial charge < -0.3 is 14.9 Å². The van der Waals surface area contributed by atoms with E-state index in [1.54, 1.807) is 24.0 Å². The third kappa shape index (κ3) is 6.19. The lowest BCUT2D eigenvalue weighted by Crippen LogP contribution is -2.34. The molecule has 2 aromatic rings. The van der Waals surface area contributed by atoms with Crippen molar-refractivity contribution >= 4 is 28.8 Å². The third-order valence-electron chi connectivity index (χ3n) is 6.66. The molecule has 7 heteroatoms. The van der Waals surface area contributed by atoms with E-state index in [0.29, 0.717) is 12.1 Å². The molecule has 1 aromatic heterocycles. The van der Waals surface area contributed by atoms with E-state index in [1.165, 1.54) is 17.4 Å². The summed E-state index contributed by atoms with van der Waals surface area (Å²) in [5.41, 5.74) is 1.65. The minimum atomic E-state index is -0.713. The molecule has 0 saturated carbocycles. The number of likely N-dealkylation sites (tertiary alicyclic amines) is 1. The molecule has 1 saturated heterocycles. The fourth-order valence-electron chi connectivity index (χ4n) is 4.51. The monoisotopic (exact) mass is 500 g/mol. The first-order valence-corrected chi connectivity index (χ1v) is 13.5. The van der Waals surface area contributed by atoms with Gasteiger partial charge in [-0.05, 0) is 81.4 Å². The number of thiophene rings is 1. The van der Waals surface area contributed by atoms with Crippen molar-refractivity contribution in [1.29, 1.82) is 0 Å². The molecule has 1 aliphatic rings. The number of aryl methyl sites for hydroxylation is 2. The number of unbranched alkanes of at least 4 members (excludes halogenated alkanes) is 2. The Hall–Kier alpha value is -2.51. The van der Waals surface area contributed by atoms with Gasteiger partial charge in [-0.15, -0.1) is 11.3 Å². The van der Waals surface area contributed by atoms with E-state index in [0.717, 1.165) is 62.2 Å². The number of benzene rings is 1. The van der Waals surface area contributed by atoms with Crippen LogP contribution in [0.5, 0.6) is 0 Å². The molecule has 0 radical (unpaired) electrons. The molecule has 1 fully saturated rings. The molecule has 1 unspecified atom stereocenters. The molecule has 190 valence electrons. The molecule has 0 bridgehead atoms. The number of hydrogen-bond acceptors (Lipinski definition) is 5. The zero-order chi connectivity index (χ0) is 25.5. The number of amides is 1. The summed E-state index contributed by atoms with van der Waals surface area (Å²) in [5.74, 6) is -2.11. The molecule has 5 nitrogen and oxygen atoms in total. The lowest BCUT2D eigenvalue weighted by atomic mass is 9.98. The quantitative estimate of drug-likeness (QED) is 0.214. The molecule has 0 spiro atoms. The zero-order valence-electron chi connectivity index (χ0n) is 21.3. The zero-order valence-corrected chi connectivity index (χ0v) is 22.1. The van der Waals surface area contributed by atoms with Crippen LogP contribution in [-0.2, 0) is 9.59 Å². The number of aliphatic hydroxyl groups excluding tert-OH is 1. The van der Waals surface area contributed by atoms with Crippen molar-refractivity contribution in [2.75, 3.05) is 26.2 Å². The molecule has 0 aliphatic carbocycles. The van der Waals surface area contributed by atoms with Crippen LogP contribution in [-0.4, -0.2) is 52.8 Å². The summed E-state index contributed by atoms with van der Waals surface area (Å²) in [4.78, 5) is 31.2. The maximum atomic E-state index is 14.2. The van der Waals surface area contributed by atoms with Crippen molar-refractivity contribution in [2.45, 2.75) is 65.8 Å². The highest BCUT2D eigenvalue weighted by molar-refractivity contribution is 7.10. The largest absolute Gasteiger partial charge is 0.507 e. The summed E-state index contributed by atoms with van der Waals surface area (Å²) >= 11 is 1.46. The number of halogens is 1. The standard InChI is InChI=1S/C28H37FN2O3S/c1-5-7-13-30(14-8-6-2)15-9-16-31-24(27-20(4)12-17-35-27)23(26(33)28(31)34)25(32)21-11-10-19(3)22(29)18-21/h10-12,17-18,24,32H,5-9,13-16H2,1-4H3/b25-23-. The van der Waals surface area contributed by atoms with Crippen molar-refractivity contribution in [3.05, 3.63) is 62.6 Å². The number of carbonyl (C=O) groups excluding carboxylic acids is 2. The van der Waals surface area contributed by atoms with Gasteiger partial charge in [-0.2, -0.15) is 0 Å². The van der Waals surface area contributed by atoms with E-state index in [-0.39, 0.29) is 16.9 Å². The van der Waals surface area contributed by atoms with Gasteiger partial charge in [-0.3, -0.25) is 9.59 Å². The Kier molecular flexibility index (Phi) is 9.63. The Morgan fingerprint density at radius 3 is 2.26 bits per heavy atom. The van der Waals surface area contributed by atoms with Crippen molar-refractivity contribution in [3.63, 3.8) is 0 Å². The van der Waals surface area contributed by atoms with Crippen LogP contribution in [0.1, 0.15) is 73.6 Å². The van der Waals surface area contributed by atoms with Gasteiger partial charge in [0, 0.05) is 17.0 Å². The highest BCUT2D eigenvalue weighted by Crippen LogP contribution is 2.42. The normalized spacial score (nSPS) is 17.7. The average Bonchev–Trinajstić information content (AvgIpc) is 3.37. The van der Waals surface area contributed by atoms with Crippen LogP contribution in [0.15, 0.2) is 35.2 Å². The summed E-state index contributed by atoms with van der Waals surface area (Å²) in [6, 6.07) is 5.64. The Labute approximate surface area is 212 Å². The number of rotatable bonds is 12. The summed E-state index contributed by atoms with van der Waals surface area (Å²) in [6.07, 6.45) is 5.27. The van der Waals surface area contributed by atoms with Crippen LogP contribution in [0.25, 0.3) is 5.76 Å². The fourth-order valence-corrected chi connectivity index (χ4v) is 5.55. The molecule has 1 N–H and O–H groups in total. The number of aliphatic hydroxyl groups is 1. The molecular formula is C28H37FN2O3S. The van der Waals surface area contributed by atoms with Crippen LogP contribution < -0.4 is 0 Å². The van der Waals surface area contributed by atoms with E-state index in [2.05, 4.69) is 18.7 Å². The molecule has 1 atom stereocenters. The average molecular weight is 501 g/mol. The topological polar surface area (TPSA) is 60.9 Å². The van der Waals surface area contributed by atoms with Crippen molar-refractivity contribution < 1.29 is 19.1 Å². The summed E-state index contributed by atoms with van der Waals surface area (Å²) in [5, 5.41) is 13.0. The SMILES string of the molecule is CCCCN(CCCC)CCCN1C(=O)C(=O)/C(=C(\O)c2ccc(C)c(F)c2)C1c1sccc1C. The highest BCUT2D eigenvalue weighted by Gasteiger charge is 2.46. The van der Waals surface area contributed by atoms with Gasteiger partial charge in [-0.25, -0.2) is 4.39 Å². The molecule has 1 aromatic carbocycles. The maximum absolute atomic E-state index is 14.2. The number of carbonyl (C=O) groups is 2. The lowest BCUT2D eigenvalue weighted by Gasteiger charge is -2.27. The summed E-state index contributed by atoms with van der Waals surface area (Å²) in [7, 11) is 0. The number of hydrogen-bond donors (Lipinski definition) is 1. The number of ketones is 1. The van der Waals surface area contributed by atoms with Gasteiger partial charge in [-0.1, -0.05) is 38.8 Å². The molecule has 35 heavy (non-hydrogen) atoms. The maximum Gasteiger partial charge on any atom is 0.295 e. The Morgan fingerprint density at radius 2 is 1.69 bits per heavy atom. The van der Waals surface area contributed by atoms with Crippen molar-refractivity contribution in [1.82, 2.24) is 9.80 Å². The predicted octanol–water partition coefficient (Wildman–Crippen LogP) is 6.22. The molecular weight excluding hydrogens is 463 g/mol. The Morgan fingerprint density at radius 1 is 1.03 bits per heavy atom. The van der Waals surface area contributed by atoms with Crippen LogP contribution in [0.4, 0.5) is 4.39 Å². The molecule has 2 heterocycles. The smallest absolute Gasteiger partial charge is 0.295 e. The van der Waals surface area contributed by atoms with Gasteiger partial charge in [0.25, 0.3) is 11.7 Å². The van der Waals surface area contributed by atoms with E-state index in [9.17, 15) is 19.1 Å². The van der Waals surface area contributed by atoms with Crippen LogP contribution in [0.2, 0.25) is 0 Å². The Balaban J connectivity index is 1.91. The first kappa shape index (κ1) is 27.1. The van der Waals surface area contributed by atoms with Crippen LogP contribution in [0.3, 0.4) is 0 Å². The summed E-state index contributed by atoms with van der Waals surface area (Å²) in [6.45, 7) is 11.3. The summed E-state index contributed by atoms with van der Waals surface area (Å²) < 4.78 is 14.2. The fraction of sp³-hybridized carbons (Fsp3) is 0.500. The minimum Gasteiger partial charge on any atom is -0.507 e. The van der Waals surface area contributed by atoms with Crippen LogP contribution >= 0.6 is 11.3 Å². The molecule has 1 amide bonds. The first-order chi connectivity index (χ1) is 16.8. The van der Waals surface area contributed by atoms with Gasteiger partial charge in [0.15, 0.2) is 0 Å². The number of nitrogens with zero attached hydrogens (tertiary/aromatic N) is 2. The molecule has 1 aliphatic heterocycles. The lowest BCUT2D eigenvalue weighted by molar-refractivity contribution is -0.139. The Bertz CT molecular complexity index is 1070.